The second-order valence-corrected chi connectivity index (χ2v) is 4.50. The number of nitrogens with zero attached hydrogens (tertiary/aromatic N) is 1. The predicted octanol–water partition coefficient (Wildman–Crippen LogP) is 1.34. The number of hydrogen-bond donors (Lipinski definition) is 2. The van der Waals surface area contributed by atoms with Gasteiger partial charge in [-0.2, -0.15) is 11.8 Å². The predicted molar refractivity (Wildman–Crippen MR) is 64.2 cm³/mol. The number of aromatic nitrogens is 1. The van der Waals surface area contributed by atoms with Gasteiger partial charge in [-0.25, -0.2) is 0 Å². The van der Waals surface area contributed by atoms with Crippen molar-refractivity contribution >= 4 is 23.4 Å². The van der Waals surface area contributed by atoms with E-state index in [-0.39, 0.29) is 5.69 Å². The number of anilines is 1. The molecule has 1 aromatic heterocycles. The Morgan fingerprint density at radius 2 is 2.47 bits per heavy atom. The number of pyridine rings is 1. The molecule has 0 aliphatic rings. The van der Waals surface area contributed by atoms with Crippen LogP contribution >= 0.6 is 11.8 Å². The molecule has 15 heavy (non-hydrogen) atoms. The summed E-state index contributed by atoms with van der Waals surface area (Å²) >= 11 is 1.78. The van der Waals surface area contributed by atoms with Crippen LogP contribution in [0.25, 0.3) is 0 Å². The fourth-order valence-corrected chi connectivity index (χ4v) is 1.27. The monoisotopic (exact) mass is 225 g/mol. The molecule has 1 heterocycles. The quantitative estimate of drug-likeness (QED) is 0.793. The van der Waals surface area contributed by atoms with Crippen LogP contribution in [0.3, 0.4) is 0 Å². The highest BCUT2D eigenvalue weighted by Gasteiger charge is 2.03. The van der Waals surface area contributed by atoms with E-state index >= 15 is 0 Å². The van der Waals surface area contributed by atoms with Crippen LogP contribution in [0.2, 0.25) is 0 Å². The number of nitrogens with two attached hydrogens (primary N) is 1. The molecule has 0 bridgehead atoms. The van der Waals surface area contributed by atoms with Gasteiger partial charge < -0.3 is 11.1 Å². The van der Waals surface area contributed by atoms with Crippen molar-refractivity contribution in [2.24, 2.45) is 5.73 Å². The average Bonchev–Trinajstić information content (AvgIpc) is 2.26. The maximum absolute atomic E-state index is 10.9. The highest BCUT2D eigenvalue weighted by Crippen LogP contribution is 2.10. The highest BCUT2D eigenvalue weighted by atomic mass is 32.2. The molecule has 3 N–H and O–H groups in total. The Morgan fingerprint density at radius 1 is 1.73 bits per heavy atom. The molecule has 1 rings (SSSR count). The van der Waals surface area contributed by atoms with Crippen molar-refractivity contribution in [2.45, 2.75) is 12.2 Å². The molecule has 4 nitrogen and oxygen atoms in total. The average molecular weight is 225 g/mol. The lowest BCUT2D eigenvalue weighted by Gasteiger charge is -2.11. The summed E-state index contributed by atoms with van der Waals surface area (Å²) in [6, 6.07) is 3.48. The first kappa shape index (κ1) is 11.8. The second kappa shape index (κ2) is 5.60. The molecule has 1 atom stereocenters. The van der Waals surface area contributed by atoms with Gasteiger partial charge in [-0.05, 0) is 18.4 Å². The molecule has 0 aliphatic heterocycles. The van der Waals surface area contributed by atoms with E-state index < -0.39 is 5.91 Å². The van der Waals surface area contributed by atoms with Crippen molar-refractivity contribution in [3.63, 3.8) is 0 Å². The fraction of sp³-hybridized carbons (Fsp3) is 0.400. The third-order valence-electron chi connectivity index (χ3n) is 2.01. The first-order valence-corrected chi connectivity index (χ1v) is 5.94. The Labute approximate surface area is 93.7 Å². The van der Waals surface area contributed by atoms with Gasteiger partial charge in [0, 0.05) is 23.7 Å². The highest BCUT2D eigenvalue weighted by molar-refractivity contribution is 7.99. The van der Waals surface area contributed by atoms with Crippen LogP contribution in [-0.4, -0.2) is 28.9 Å². The van der Waals surface area contributed by atoms with Gasteiger partial charge in [0.1, 0.15) is 5.69 Å². The van der Waals surface area contributed by atoms with Crippen molar-refractivity contribution < 1.29 is 4.79 Å². The zero-order valence-electron chi connectivity index (χ0n) is 8.86. The van der Waals surface area contributed by atoms with Crippen LogP contribution in [0.4, 0.5) is 5.69 Å². The summed E-state index contributed by atoms with van der Waals surface area (Å²) in [4.78, 5) is 14.7. The van der Waals surface area contributed by atoms with Crippen molar-refractivity contribution in [3.8, 4) is 0 Å². The number of carbonyl (C=O) groups is 1. The van der Waals surface area contributed by atoms with Crippen LogP contribution in [-0.2, 0) is 0 Å². The van der Waals surface area contributed by atoms with Gasteiger partial charge in [-0.15, -0.1) is 0 Å². The van der Waals surface area contributed by atoms with E-state index in [0.29, 0.717) is 5.25 Å². The summed E-state index contributed by atoms with van der Waals surface area (Å²) in [5.74, 6) is -0.503. The number of primary amides is 1. The maximum Gasteiger partial charge on any atom is 0.267 e. The van der Waals surface area contributed by atoms with Crippen LogP contribution in [0, 0.1) is 0 Å². The minimum Gasteiger partial charge on any atom is -0.384 e. The first-order valence-electron chi connectivity index (χ1n) is 4.66. The molecule has 82 valence electrons. The number of nitrogens with one attached hydrogen (secondary N) is 1. The molecule has 0 fully saturated rings. The summed E-state index contributed by atoms with van der Waals surface area (Å²) in [5, 5.41) is 3.75. The van der Waals surface area contributed by atoms with Gasteiger partial charge in [0.15, 0.2) is 0 Å². The minimum atomic E-state index is -0.503. The lowest BCUT2D eigenvalue weighted by molar-refractivity contribution is 0.0995. The van der Waals surface area contributed by atoms with E-state index in [4.69, 9.17) is 5.73 Å². The minimum absolute atomic E-state index is 0.289. The molecule has 1 unspecified atom stereocenters. The Hall–Kier alpha value is -1.23. The van der Waals surface area contributed by atoms with E-state index in [1.807, 2.05) is 6.07 Å². The van der Waals surface area contributed by atoms with E-state index in [1.165, 1.54) is 0 Å². The summed E-state index contributed by atoms with van der Waals surface area (Å²) < 4.78 is 0. The van der Waals surface area contributed by atoms with Crippen molar-refractivity contribution in [3.05, 3.63) is 24.0 Å². The molecular formula is C10H15N3OS. The summed E-state index contributed by atoms with van der Waals surface area (Å²) in [6.07, 6.45) is 3.64. The van der Waals surface area contributed by atoms with Crippen LogP contribution in [0.5, 0.6) is 0 Å². The molecule has 5 heteroatoms. The SMILES string of the molecule is CSC(C)CNc1ccnc(C(N)=O)c1. The van der Waals surface area contributed by atoms with Gasteiger partial charge in [0.25, 0.3) is 5.91 Å². The zero-order chi connectivity index (χ0) is 11.3. The summed E-state index contributed by atoms with van der Waals surface area (Å²) in [7, 11) is 0. The van der Waals surface area contributed by atoms with Crippen molar-refractivity contribution in [1.82, 2.24) is 4.98 Å². The number of thioether (sulfide) groups is 1. The van der Waals surface area contributed by atoms with E-state index in [2.05, 4.69) is 23.5 Å². The fourth-order valence-electron chi connectivity index (χ4n) is 1.02. The normalized spacial score (nSPS) is 12.1. The van der Waals surface area contributed by atoms with E-state index in [0.717, 1.165) is 12.2 Å². The number of amides is 1. The smallest absolute Gasteiger partial charge is 0.267 e. The van der Waals surface area contributed by atoms with E-state index in [1.54, 1.807) is 24.0 Å². The maximum atomic E-state index is 10.9. The molecule has 1 aromatic rings. The zero-order valence-corrected chi connectivity index (χ0v) is 9.67. The molecule has 0 aromatic carbocycles. The largest absolute Gasteiger partial charge is 0.384 e. The Bertz CT molecular complexity index is 343. The molecular weight excluding hydrogens is 210 g/mol. The lowest BCUT2D eigenvalue weighted by atomic mass is 10.3. The number of carbonyl (C=O) groups excluding carboxylic acids is 1. The standard InChI is InChI=1S/C10H15N3OS/c1-7(15-2)6-13-8-3-4-12-9(5-8)10(11)14/h3-5,7H,6H2,1-2H3,(H2,11,14)(H,12,13). The van der Waals surface area contributed by atoms with E-state index in [9.17, 15) is 4.79 Å². The Kier molecular flexibility index (Phi) is 4.42. The summed E-state index contributed by atoms with van der Waals surface area (Å²) in [6.45, 7) is 2.98. The Morgan fingerprint density at radius 3 is 3.07 bits per heavy atom. The Balaban J connectivity index is 2.62. The number of rotatable bonds is 5. The molecule has 0 saturated carbocycles. The first-order chi connectivity index (χ1) is 7.13. The topological polar surface area (TPSA) is 68.0 Å². The van der Waals surface area contributed by atoms with Crippen molar-refractivity contribution in [2.75, 3.05) is 18.1 Å². The van der Waals surface area contributed by atoms with Gasteiger partial charge in [0.2, 0.25) is 0 Å². The lowest BCUT2D eigenvalue weighted by Crippen LogP contribution is -2.15. The third kappa shape index (κ3) is 3.79. The third-order valence-corrected chi connectivity index (χ3v) is 2.98. The molecule has 0 aliphatic carbocycles. The van der Waals surface area contributed by atoms with Gasteiger partial charge in [0.05, 0.1) is 0 Å². The second-order valence-electron chi connectivity index (χ2n) is 3.22. The summed E-state index contributed by atoms with van der Waals surface area (Å²) in [5.41, 5.74) is 6.29. The van der Waals surface area contributed by atoms with Gasteiger partial charge >= 0.3 is 0 Å². The van der Waals surface area contributed by atoms with Crippen LogP contribution < -0.4 is 11.1 Å². The molecule has 0 spiro atoms. The molecule has 0 saturated heterocycles. The molecule has 0 radical (unpaired) electrons. The number of hydrogen-bond acceptors (Lipinski definition) is 4. The van der Waals surface area contributed by atoms with Crippen LogP contribution in [0.15, 0.2) is 18.3 Å². The molecule has 1 amide bonds. The van der Waals surface area contributed by atoms with Crippen molar-refractivity contribution in [1.29, 1.82) is 0 Å². The van der Waals surface area contributed by atoms with Gasteiger partial charge in [-0.1, -0.05) is 6.92 Å². The van der Waals surface area contributed by atoms with Gasteiger partial charge in [-0.3, -0.25) is 9.78 Å². The van der Waals surface area contributed by atoms with Crippen LogP contribution in [0.1, 0.15) is 17.4 Å².